The molecule has 1 aliphatic rings. The van der Waals surface area contributed by atoms with Crippen molar-refractivity contribution in [3.63, 3.8) is 0 Å². The topological polar surface area (TPSA) is 230 Å². The van der Waals surface area contributed by atoms with Crippen LogP contribution in [-0.4, -0.2) is 41.6 Å². The van der Waals surface area contributed by atoms with Crippen LogP contribution < -0.4 is 11.4 Å². The van der Waals surface area contributed by atoms with Gasteiger partial charge in [0.25, 0.3) is 0 Å². The van der Waals surface area contributed by atoms with E-state index in [0.29, 0.717) is 0 Å². The minimum absolute atomic E-state index is 0.0492. The SMILES string of the molecule is Nc1ccn([C@H]2CC[C@@H]([C@@H](F)OP(=O)(O)OP(=O)(O)OP(=O)(O)O)O2)c(=O)n1. The lowest BCUT2D eigenvalue weighted by molar-refractivity contribution is -0.105. The van der Waals surface area contributed by atoms with Crippen LogP contribution in [-0.2, 0) is 31.6 Å². The second kappa shape index (κ2) is 8.38. The highest BCUT2D eigenvalue weighted by Crippen LogP contribution is 2.66. The normalized spacial score (nSPS) is 25.8. The quantitative estimate of drug-likeness (QED) is 0.319. The summed E-state index contributed by atoms with van der Waals surface area (Å²) >= 11 is 0. The molecule has 0 radical (unpaired) electrons. The highest BCUT2D eigenvalue weighted by molar-refractivity contribution is 7.66. The first-order valence-corrected chi connectivity index (χ1v) is 11.7. The fraction of sp³-hybridized carbons (Fsp3) is 0.556. The first-order valence-electron chi connectivity index (χ1n) is 7.14. The number of alkyl halides is 1. The Balaban J connectivity index is 2.00. The number of hydrogen-bond donors (Lipinski definition) is 5. The molecule has 1 aromatic heterocycles. The van der Waals surface area contributed by atoms with Crippen molar-refractivity contribution in [2.24, 2.45) is 0 Å². The van der Waals surface area contributed by atoms with Gasteiger partial charge in [0.1, 0.15) is 18.1 Å². The summed E-state index contributed by atoms with van der Waals surface area (Å²) in [4.78, 5) is 50.3. The minimum atomic E-state index is -5.77. The third-order valence-corrected chi connectivity index (χ3v) is 6.93. The van der Waals surface area contributed by atoms with Gasteiger partial charge in [-0.25, -0.2) is 27.4 Å². The van der Waals surface area contributed by atoms with E-state index in [9.17, 15) is 27.8 Å². The van der Waals surface area contributed by atoms with E-state index in [1.54, 1.807) is 0 Å². The summed E-state index contributed by atoms with van der Waals surface area (Å²) in [6.07, 6.45) is -3.93. The summed E-state index contributed by atoms with van der Waals surface area (Å²) in [5.74, 6) is -0.0492. The van der Waals surface area contributed by atoms with E-state index in [1.807, 2.05) is 0 Å². The second-order valence-corrected chi connectivity index (χ2v) is 9.67. The summed E-state index contributed by atoms with van der Waals surface area (Å²) in [5.41, 5.74) is 4.56. The van der Waals surface area contributed by atoms with Gasteiger partial charge in [0, 0.05) is 6.20 Å². The van der Waals surface area contributed by atoms with Crippen LogP contribution in [0.3, 0.4) is 0 Å². The highest BCUT2D eigenvalue weighted by Gasteiger charge is 2.44. The molecule has 0 aliphatic carbocycles. The molecule has 1 saturated heterocycles. The fourth-order valence-corrected chi connectivity index (χ4v) is 5.23. The van der Waals surface area contributed by atoms with Gasteiger partial charge in [-0.3, -0.25) is 4.57 Å². The number of anilines is 1. The average molecular weight is 469 g/mol. The van der Waals surface area contributed by atoms with Crippen LogP contribution >= 0.6 is 23.5 Å². The zero-order chi connectivity index (χ0) is 21.3. The van der Waals surface area contributed by atoms with Crippen LogP contribution in [0.25, 0.3) is 0 Å². The molecule has 0 saturated carbocycles. The molecule has 6 N–H and O–H groups in total. The van der Waals surface area contributed by atoms with Gasteiger partial charge in [-0.15, -0.1) is 0 Å². The maximum Gasteiger partial charge on any atom is 0.490 e. The van der Waals surface area contributed by atoms with Gasteiger partial charge in [-0.05, 0) is 18.9 Å². The molecule has 5 atom stereocenters. The number of nitrogen functional groups attached to an aromatic ring is 1. The third-order valence-electron chi connectivity index (χ3n) is 3.13. The number of phosphoric ester groups is 1. The molecule has 15 nitrogen and oxygen atoms in total. The van der Waals surface area contributed by atoms with E-state index in [-0.39, 0.29) is 18.7 Å². The lowest BCUT2D eigenvalue weighted by Crippen LogP contribution is -2.29. The van der Waals surface area contributed by atoms with E-state index < -0.39 is 47.8 Å². The largest absolute Gasteiger partial charge is 0.490 e. The van der Waals surface area contributed by atoms with Crippen molar-refractivity contribution in [3.8, 4) is 0 Å². The predicted molar refractivity (Wildman–Crippen MR) is 85.9 cm³/mol. The monoisotopic (exact) mass is 469 g/mol. The third kappa shape index (κ3) is 6.79. The van der Waals surface area contributed by atoms with Crippen molar-refractivity contribution in [2.75, 3.05) is 5.73 Å². The molecule has 160 valence electrons. The van der Waals surface area contributed by atoms with E-state index in [1.165, 1.54) is 12.3 Å². The van der Waals surface area contributed by atoms with Crippen LogP contribution in [0.4, 0.5) is 10.2 Å². The first kappa shape index (κ1) is 23.3. The van der Waals surface area contributed by atoms with Gasteiger partial charge in [-0.1, -0.05) is 0 Å². The van der Waals surface area contributed by atoms with Crippen LogP contribution in [0.15, 0.2) is 17.1 Å². The van der Waals surface area contributed by atoms with Crippen molar-refractivity contribution in [3.05, 3.63) is 22.7 Å². The molecular formula is C9H15FN3O12P3. The van der Waals surface area contributed by atoms with Gasteiger partial charge in [-0.2, -0.15) is 13.6 Å². The number of halogens is 1. The average Bonchev–Trinajstić information content (AvgIpc) is 2.92. The standard InChI is InChI=1S/C9H15FN3O12P3/c10-8(23-27(18,19)25-28(20,21)24-26(15,16)17)5-1-2-7(22-5)13-4-3-6(11)12-9(13)14/h3-5,7-8H,1-2H2,(H,18,19)(H,20,21)(H2,11,12,14)(H2,15,16,17)/t5-,7+,8-/m0/s1. The Morgan fingerprint density at radius 2 is 1.86 bits per heavy atom. The van der Waals surface area contributed by atoms with E-state index in [4.69, 9.17) is 25.2 Å². The molecule has 1 fully saturated rings. The number of ether oxygens (including phenoxy) is 1. The maximum atomic E-state index is 14.1. The zero-order valence-electron chi connectivity index (χ0n) is 13.5. The maximum absolute atomic E-state index is 14.1. The fourth-order valence-electron chi connectivity index (χ4n) is 2.18. The summed E-state index contributed by atoms with van der Waals surface area (Å²) in [6.45, 7) is 0. The number of nitrogens with two attached hydrogens (primary N) is 1. The number of phosphoric acid groups is 3. The van der Waals surface area contributed by atoms with Gasteiger partial charge < -0.3 is 30.0 Å². The van der Waals surface area contributed by atoms with Crippen LogP contribution in [0.1, 0.15) is 19.1 Å². The second-order valence-electron chi connectivity index (χ2n) is 5.30. The predicted octanol–water partition coefficient (Wildman–Crippen LogP) is 0.142. The Labute approximate surface area is 155 Å². The van der Waals surface area contributed by atoms with Gasteiger partial charge in [0.2, 0.25) is 6.36 Å². The number of aromatic nitrogens is 2. The van der Waals surface area contributed by atoms with Crippen molar-refractivity contribution < 1.29 is 55.5 Å². The molecule has 0 bridgehead atoms. The first-order chi connectivity index (χ1) is 12.7. The van der Waals surface area contributed by atoms with Crippen LogP contribution in [0, 0.1) is 0 Å². The summed E-state index contributed by atoms with van der Waals surface area (Å²) in [5, 5.41) is 0. The molecule has 1 aliphatic heterocycles. The molecule has 28 heavy (non-hydrogen) atoms. The van der Waals surface area contributed by atoms with E-state index in [0.717, 1.165) is 4.57 Å². The lowest BCUT2D eigenvalue weighted by Gasteiger charge is -2.21. The van der Waals surface area contributed by atoms with Gasteiger partial charge in [0.05, 0.1) is 0 Å². The Kier molecular flexibility index (Phi) is 6.96. The highest BCUT2D eigenvalue weighted by atomic mass is 31.3. The minimum Gasteiger partial charge on any atom is -0.383 e. The van der Waals surface area contributed by atoms with Crippen molar-refractivity contribution in [1.29, 1.82) is 0 Å². The molecular weight excluding hydrogens is 454 g/mol. The van der Waals surface area contributed by atoms with Crippen LogP contribution in [0.2, 0.25) is 0 Å². The Morgan fingerprint density at radius 1 is 1.21 bits per heavy atom. The summed E-state index contributed by atoms with van der Waals surface area (Å²) in [6, 6.07) is 1.29. The van der Waals surface area contributed by atoms with E-state index >= 15 is 0 Å². The molecule has 0 amide bonds. The molecule has 2 heterocycles. The lowest BCUT2D eigenvalue weighted by atomic mass is 10.2. The smallest absolute Gasteiger partial charge is 0.383 e. The number of rotatable bonds is 8. The van der Waals surface area contributed by atoms with Gasteiger partial charge >= 0.3 is 29.2 Å². The van der Waals surface area contributed by atoms with Crippen molar-refractivity contribution >= 4 is 29.3 Å². The molecule has 1 aromatic rings. The Bertz CT molecular complexity index is 919. The molecule has 2 unspecified atom stereocenters. The number of hydrogen-bond acceptors (Lipinski definition) is 10. The summed E-state index contributed by atoms with van der Waals surface area (Å²) in [7, 11) is -17.0. The zero-order valence-corrected chi connectivity index (χ0v) is 16.2. The van der Waals surface area contributed by atoms with Crippen LogP contribution in [0.5, 0.6) is 0 Å². The van der Waals surface area contributed by atoms with E-state index in [2.05, 4.69) is 18.1 Å². The Hall–Kier alpha value is -1.02. The van der Waals surface area contributed by atoms with Crippen molar-refractivity contribution in [1.82, 2.24) is 9.55 Å². The number of nitrogens with zero attached hydrogens (tertiary/aromatic N) is 2. The summed E-state index contributed by atoms with van der Waals surface area (Å²) < 4.78 is 64.6. The Morgan fingerprint density at radius 3 is 2.43 bits per heavy atom. The van der Waals surface area contributed by atoms with Gasteiger partial charge in [0.15, 0.2) is 0 Å². The molecule has 0 spiro atoms. The molecule has 19 heteroatoms. The molecule has 0 aromatic carbocycles. The molecule has 2 rings (SSSR count). The van der Waals surface area contributed by atoms with Crippen molar-refractivity contribution in [2.45, 2.75) is 31.5 Å².